The molecule has 7 heteroatoms. The third-order valence-corrected chi connectivity index (χ3v) is 6.46. The topological polar surface area (TPSA) is 68.8 Å². The first-order valence-electron chi connectivity index (χ1n) is 11.3. The molecule has 1 saturated heterocycles. The molecule has 1 N–H and O–H groups in total. The van der Waals surface area contributed by atoms with Crippen LogP contribution in [-0.2, 0) is 0 Å². The third-order valence-electron chi connectivity index (χ3n) is 6.46. The number of fused-ring (bicyclic) bond motifs is 2. The monoisotopic (exact) mass is 421 g/mol. The van der Waals surface area contributed by atoms with Crippen molar-refractivity contribution in [3.8, 4) is 0 Å². The zero-order valence-electron chi connectivity index (χ0n) is 18.4. The highest BCUT2D eigenvalue weighted by atomic mass is 16.2. The number of anilines is 3. The molecule has 1 fully saturated rings. The van der Waals surface area contributed by atoms with Crippen LogP contribution in [0.3, 0.4) is 0 Å². The van der Waals surface area contributed by atoms with Gasteiger partial charge in [0.15, 0.2) is 5.82 Å². The van der Waals surface area contributed by atoms with Crippen molar-refractivity contribution in [2.45, 2.75) is 33.1 Å². The van der Waals surface area contributed by atoms with Gasteiger partial charge in [-0.05, 0) is 69.1 Å². The van der Waals surface area contributed by atoms with Gasteiger partial charge in [-0.2, -0.15) is 0 Å². The van der Waals surface area contributed by atoms with Crippen LogP contribution in [-0.4, -0.2) is 59.4 Å². The number of pyridine rings is 1. The predicted molar refractivity (Wildman–Crippen MR) is 123 cm³/mol. The Balaban J connectivity index is 1.53. The lowest BCUT2D eigenvalue weighted by Crippen LogP contribution is -2.45. The average molecular weight is 422 g/mol. The van der Waals surface area contributed by atoms with Crippen LogP contribution in [0, 0.1) is 5.92 Å². The summed E-state index contributed by atoms with van der Waals surface area (Å²) in [4.78, 5) is 36.8. The number of nitrogens with one attached hydrogen (secondary N) is 1. The summed E-state index contributed by atoms with van der Waals surface area (Å²) in [7, 11) is 0. The maximum Gasteiger partial charge on any atom is 0.330 e. The van der Waals surface area contributed by atoms with Gasteiger partial charge in [0.2, 0.25) is 0 Å². The van der Waals surface area contributed by atoms with E-state index in [1.165, 1.54) is 6.42 Å². The molecule has 4 rings (SSSR count). The summed E-state index contributed by atoms with van der Waals surface area (Å²) in [5, 5.41) is 2.89. The maximum absolute atomic E-state index is 13.7. The van der Waals surface area contributed by atoms with Crippen molar-refractivity contribution in [3.05, 3.63) is 48.2 Å². The molecule has 3 heterocycles. The summed E-state index contributed by atoms with van der Waals surface area (Å²) >= 11 is 0. The summed E-state index contributed by atoms with van der Waals surface area (Å²) in [6, 6.07) is 10.6. The first-order valence-corrected chi connectivity index (χ1v) is 11.3. The van der Waals surface area contributed by atoms with Gasteiger partial charge in [-0.3, -0.25) is 4.79 Å². The largest absolute Gasteiger partial charge is 0.330 e. The minimum Gasteiger partial charge on any atom is -0.324 e. The Morgan fingerprint density at radius 3 is 2.61 bits per heavy atom. The van der Waals surface area contributed by atoms with E-state index >= 15 is 0 Å². The highest BCUT2D eigenvalue weighted by Crippen LogP contribution is 2.37. The molecule has 0 radical (unpaired) electrons. The summed E-state index contributed by atoms with van der Waals surface area (Å²) in [6.07, 6.45) is 4.85. The summed E-state index contributed by atoms with van der Waals surface area (Å²) in [5.74, 6) is 0.888. The number of benzene rings is 1. The van der Waals surface area contributed by atoms with Gasteiger partial charge in [0.25, 0.3) is 5.91 Å². The number of aromatic nitrogens is 1. The molecule has 0 atom stereocenters. The van der Waals surface area contributed by atoms with E-state index in [0.717, 1.165) is 45.6 Å². The van der Waals surface area contributed by atoms with Crippen LogP contribution >= 0.6 is 0 Å². The lowest BCUT2D eigenvalue weighted by atomic mass is 9.93. The molecule has 1 aromatic carbocycles. The Morgan fingerprint density at radius 1 is 1.13 bits per heavy atom. The van der Waals surface area contributed by atoms with Crippen molar-refractivity contribution in [1.29, 1.82) is 0 Å². The van der Waals surface area contributed by atoms with Gasteiger partial charge in [0, 0.05) is 19.3 Å². The second-order valence-electron chi connectivity index (χ2n) is 8.21. The summed E-state index contributed by atoms with van der Waals surface area (Å²) in [6.45, 7) is 9.15. The minimum absolute atomic E-state index is 0.119. The maximum atomic E-state index is 13.7. The Labute approximate surface area is 184 Å². The Hall–Kier alpha value is -2.93. The van der Waals surface area contributed by atoms with Crippen molar-refractivity contribution in [3.63, 3.8) is 0 Å². The molecule has 3 amide bonds. The first-order chi connectivity index (χ1) is 15.1. The molecule has 2 aliphatic heterocycles. The predicted octanol–water partition coefficient (Wildman–Crippen LogP) is 4.35. The fourth-order valence-electron chi connectivity index (χ4n) is 4.49. The first kappa shape index (κ1) is 21.3. The van der Waals surface area contributed by atoms with Crippen molar-refractivity contribution in [1.82, 2.24) is 14.8 Å². The SMILES string of the molecule is CCN(CC)CCC1CCN(C(=O)N2c3ccccc3C(=O)Nc3cccnc32)CC1. The molecule has 164 valence electrons. The van der Waals surface area contributed by atoms with Crippen molar-refractivity contribution >= 4 is 29.1 Å². The fourth-order valence-corrected chi connectivity index (χ4v) is 4.49. The zero-order chi connectivity index (χ0) is 21.8. The number of nitrogens with zero attached hydrogens (tertiary/aromatic N) is 4. The van der Waals surface area contributed by atoms with Crippen molar-refractivity contribution in [2.24, 2.45) is 5.92 Å². The molecule has 1 aromatic heterocycles. The molecule has 2 aliphatic rings. The van der Waals surface area contributed by atoms with E-state index in [0.29, 0.717) is 28.7 Å². The van der Waals surface area contributed by atoms with Crippen LogP contribution in [0.1, 0.15) is 43.5 Å². The van der Waals surface area contributed by atoms with E-state index in [4.69, 9.17) is 0 Å². The smallest absolute Gasteiger partial charge is 0.324 e. The molecular weight excluding hydrogens is 390 g/mol. The van der Waals surface area contributed by atoms with Crippen LogP contribution in [0.15, 0.2) is 42.6 Å². The Bertz CT molecular complexity index is 935. The van der Waals surface area contributed by atoms with Crippen LogP contribution in [0.4, 0.5) is 22.0 Å². The summed E-state index contributed by atoms with van der Waals surface area (Å²) in [5.41, 5.74) is 1.60. The molecule has 0 saturated carbocycles. The highest BCUT2D eigenvalue weighted by molar-refractivity contribution is 6.16. The molecule has 31 heavy (non-hydrogen) atoms. The van der Waals surface area contributed by atoms with E-state index < -0.39 is 0 Å². The molecule has 0 aliphatic carbocycles. The molecule has 2 aromatic rings. The van der Waals surface area contributed by atoms with E-state index in [-0.39, 0.29) is 11.9 Å². The van der Waals surface area contributed by atoms with Crippen LogP contribution in [0.25, 0.3) is 0 Å². The van der Waals surface area contributed by atoms with E-state index in [1.807, 2.05) is 23.1 Å². The van der Waals surface area contributed by atoms with Gasteiger partial charge in [-0.15, -0.1) is 0 Å². The normalized spacial score (nSPS) is 16.5. The number of amides is 3. The molecule has 0 unspecified atom stereocenters. The standard InChI is InChI=1S/C24H31N5O2/c1-3-27(4-2)15-11-18-12-16-28(17-13-18)24(31)29-21-10-6-5-8-19(21)23(30)26-20-9-7-14-25-22(20)29/h5-10,14,18H,3-4,11-13,15-17H2,1-2H3,(H,26,30). The lowest BCUT2D eigenvalue weighted by Gasteiger charge is -2.36. The third kappa shape index (κ3) is 4.42. The molecule has 0 spiro atoms. The lowest BCUT2D eigenvalue weighted by molar-refractivity contribution is 0.102. The number of carbonyl (C=O) groups excluding carboxylic acids is 2. The Kier molecular flexibility index (Phi) is 6.51. The van der Waals surface area contributed by atoms with Gasteiger partial charge in [0.1, 0.15) is 0 Å². The number of likely N-dealkylation sites (tertiary alicyclic amines) is 1. The van der Waals surface area contributed by atoms with Crippen molar-refractivity contribution in [2.75, 3.05) is 42.9 Å². The number of carbonyl (C=O) groups is 2. The van der Waals surface area contributed by atoms with Crippen LogP contribution in [0.5, 0.6) is 0 Å². The second-order valence-corrected chi connectivity index (χ2v) is 8.21. The van der Waals surface area contributed by atoms with Crippen LogP contribution in [0.2, 0.25) is 0 Å². The van der Waals surface area contributed by atoms with Gasteiger partial charge < -0.3 is 15.1 Å². The van der Waals surface area contributed by atoms with Gasteiger partial charge >= 0.3 is 6.03 Å². The summed E-state index contributed by atoms with van der Waals surface area (Å²) < 4.78 is 0. The van der Waals surface area contributed by atoms with Gasteiger partial charge in [-0.25, -0.2) is 14.7 Å². The number of urea groups is 1. The number of rotatable bonds is 5. The van der Waals surface area contributed by atoms with E-state index in [1.54, 1.807) is 29.3 Å². The van der Waals surface area contributed by atoms with E-state index in [2.05, 4.69) is 29.0 Å². The quantitative estimate of drug-likeness (QED) is 0.779. The molecular formula is C24H31N5O2. The number of piperidine rings is 1. The van der Waals surface area contributed by atoms with Gasteiger partial charge in [0.05, 0.1) is 16.9 Å². The minimum atomic E-state index is -0.227. The number of hydrogen-bond donors (Lipinski definition) is 1. The van der Waals surface area contributed by atoms with Crippen molar-refractivity contribution < 1.29 is 9.59 Å². The Morgan fingerprint density at radius 2 is 1.87 bits per heavy atom. The zero-order valence-corrected chi connectivity index (χ0v) is 18.4. The number of hydrogen-bond acceptors (Lipinski definition) is 4. The van der Waals surface area contributed by atoms with E-state index in [9.17, 15) is 9.59 Å². The molecule has 7 nitrogen and oxygen atoms in total. The average Bonchev–Trinajstić information content (AvgIpc) is 2.93. The highest BCUT2D eigenvalue weighted by Gasteiger charge is 2.34. The number of para-hydroxylation sites is 1. The molecule has 0 bridgehead atoms. The fraction of sp³-hybridized carbons (Fsp3) is 0.458. The van der Waals surface area contributed by atoms with Gasteiger partial charge in [-0.1, -0.05) is 26.0 Å². The second kappa shape index (κ2) is 9.47. The van der Waals surface area contributed by atoms with Crippen LogP contribution < -0.4 is 10.2 Å².